The van der Waals surface area contributed by atoms with Gasteiger partial charge in [-0.1, -0.05) is 19.9 Å². The first-order chi connectivity index (χ1) is 12.1. The number of carbonyl (C=O) groups excluding carboxylic acids is 3. The first kappa shape index (κ1) is 24.1. The van der Waals surface area contributed by atoms with Crippen molar-refractivity contribution in [1.82, 2.24) is 15.5 Å². The minimum Gasteiger partial charge on any atom is -0.466 e. The number of hydrogen-bond donors (Lipinski definition) is 2. The van der Waals surface area contributed by atoms with Gasteiger partial charge in [-0.05, 0) is 47.2 Å². The normalized spacial score (nSPS) is 14.1. The summed E-state index contributed by atoms with van der Waals surface area (Å²) in [7, 11) is 3.94. The van der Waals surface area contributed by atoms with E-state index in [9.17, 15) is 14.4 Å². The quantitative estimate of drug-likeness (QED) is 0.425. The van der Waals surface area contributed by atoms with Crippen LogP contribution in [0.2, 0.25) is 0 Å². The molecule has 0 aliphatic heterocycles. The van der Waals surface area contributed by atoms with Crippen LogP contribution in [0.4, 0.5) is 0 Å². The van der Waals surface area contributed by atoms with Crippen LogP contribution in [-0.2, 0) is 19.1 Å². The Morgan fingerprint density at radius 2 is 1.77 bits per heavy atom. The highest BCUT2D eigenvalue weighted by atomic mass is 16.5. The van der Waals surface area contributed by atoms with Crippen LogP contribution in [-0.4, -0.2) is 62.0 Å². The third-order valence-corrected chi connectivity index (χ3v) is 3.96. The Morgan fingerprint density at radius 1 is 1.15 bits per heavy atom. The molecule has 0 rings (SSSR count). The van der Waals surface area contributed by atoms with Crippen LogP contribution in [0, 0.1) is 5.92 Å². The molecule has 0 aromatic carbocycles. The second-order valence-electron chi connectivity index (χ2n) is 7.04. The molecule has 0 aliphatic rings. The van der Waals surface area contributed by atoms with E-state index >= 15 is 0 Å². The van der Waals surface area contributed by atoms with E-state index in [1.165, 1.54) is 0 Å². The molecule has 0 bridgehead atoms. The summed E-state index contributed by atoms with van der Waals surface area (Å²) in [4.78, 5) is 37.4. The van der Waals surface area contributed by atoms with Gasteiger partial charge >= 0.3 is 5.97 Å². The third-order valence-electron chi connectivity index (χ3n) is 3.96. The maximum atomic E-state index is 12.2. The van der Waals surface area contributed by atoms with Crippen LogP contribution < -0.4 is 10.6 Å². The van der Waals surface area contributed by atoms with Gasteiger partial charge in [-0.2, -0.15) is 0 Å². The maximum absolute atomic E-state index is 12.2. The lowest BCUT2D eigenvalue weighted by Crippen LogP contribution is -2.41. The van der Waals surface area contributed by atoms with Crippen molar-refractivity contribution in [2.75, 3.05) is 27.2 Å². The third kappa shape index (κ3) is 10.2. The van der Waals surface area contributed by atoms with E-state index in [1.54, 1.807) is 13.8 Å². The number of likely N-dealkylation sites (N-methyl/N-ethyl adjacent to an activating group) is 1. The largest absolute Gasteiger partial charge is 0.466 e. The first-order valence-corrected chi connectivity index (χ1v) is 9.16. The lowest BCUT2D eigenvalue weighted by atomic mass is 10.0. The molecular formula is C19H35N3O4. The molecule has 0 saturated carbocycles. The number of ether oxygens (including phenoxy) is 1. The Hall–Kier alpha value is -1.89. The van der Waals surface area contributed by atoms with Gasteiger partial charge in [0.2, 0.25) is 11.8 Å². The van der Waals surface area contributed by atoms with Crippen LogP contribution in [0.15, 0.2) is 11.6 Å². The number of nitrogens with zero attached hydrogens (tertiary/aromatic N) is 1. The SMILES string of the molecule is CCOC(=O)CC[C@H](C)NC(=O)CNC(=O)/C(C)=C/C(C(C)C)N(C)C. The fourth-order valence-corrected chi connectivity index (χ4v) is 2.54. The van der Waals surface area contributed by atoms with Crippen molar-refractivity contribution in [2.24, 2.45) is 5.92 Å². The minimum absolute atomic E-state index is 0.0952. The van der Waals surface area contributed by atoms with Crippen LogP contribution in [0.3, 0.4) is 0 Å². The van der Waals surface area contributed by atoms with Crippen LogP contribution in [0.1, 0.15) is 47.5 Å². The summed E-state index contributed by atoms with van der Waals surface area (Å²) in [5.74, 6) is -0.443. The molecule has 7 heteroatoms. The lowest BCUT2D eigenvalue weighted by molar-refractivity contribution is -0.143. The van der Waals surface area contributed by atoms with E-state index < -0.39 is 0 Å². The molecule has 0 fully saturated rings. The Labute approximate surface area is 157 Å². The van der Waals surface area contributed by atoms with Gasteiger partial charge in [-0.15, -0.1) is 0 Å². The summed E-state index contributed by atoms with van der Waals surface area (Å²) in [5.41, 5.74) is 0.584. The molecule has 0 heterocycles. The molecule has 150 valence electrons. The van der Waals surface area contributed by atoms with E-state index in [2.05, 4.69) is 29.4 Å². The van der Waals surface area contributed by atoms with Gasteiger partial charge in [0.1, 0.15) is 0 Å². The van der Waals surface area contributed by atoms with Crippen molar-refractivity contribution >= 4 is 17.8 Å². The summed E-state index contributed by atoms with van der Waals surface area (Å²) in [5, 5.41) is 5.39. The lowest BCUT2D eigenvalue weighted by Gasteiger charge is -2.25. The summed E-state index contributed by atoms with van der Waals surface area (Å²) < 4.78 is 4.85. The van der Waals surface area contributed by atoms with Crippen molar-refractivity contribution < 1.29 is 19.1 Å². The molecule has 0 spiro atoms. The van der Waals surface area contributed by atoms with Crippen molar-refractivity contribution in [3.63, 3.8) is 0 Å². The van der Waals surface area contributed by atoms with E-state index in [1.807, 2.05) is 27.1 Å². The molecule has 0 aromatic rings. The molecule has 2 N–H and O–H groups in total. The zero-order valence-corrected chi connectivity index (χ0v) is 17.2. The average molecular weight is 370 g/mol. The van der Waals surface area contributed by atoms with E-state index in [4.69, 9.17) is 4.74 Å². The van der Waals surface area contributed by atoms with Gasteiger partial charge in [0.05, 0.1) is 13.2 Å². The molecule has 2 amide bonds. The molecule has 0 saturated heterocycles. The highest BCUT2D eigenvalue weighted by Crippen LogP contribution is 2.11. The standard InChI is InChI=1S/C19H35N3O4/c1-8-26-18(24)10-9-15(5)21-17(23)12-20-19(25)14(4)11-16(13(2)3)22(6)7/h11,13,15-16H,8-10,12H2,1-7H3,(H,20,25)(H,21,23)/b14-11+/t15-,16?/m0/s1. The molecule has 0 radical (unpaired) electrons. The van der Waals surface area contributed by atoms with Crippen LogP contribution in [0.25, 0.3) is 0 Å². The van der Waals surface area contributed by atoms with Gasteiger partial charge in [0, 0.05) is 24.1 Å². The first-order valence-electron chi connectivity index (χ1n) is 9.16. The minimum atomic E-state index is -0.282. The predicted octanol–water partition coefficient (Wildman–Crippen LogP) is 1.48. The van der Waals surface area contributed by atoms with E-state index in [0.29, 0.717) is 24.5 Å². The Morgan fingerprint density at radius 3 is 2.27 bits per heavy atom. The monoisotopic (exact) mass is 369 g/mol. The van der Waals surface area contributed by atoms with Crippen LogP contribution >= 0.6 is 0 Å². The molecular weight excluding hydrogens is 334 g/mol. The highest BCUT2D eigenvalue weighted by molar-refractivity contribution is 5.95. The number of nitrogens with one attached hydrogen (secondary N) is 2. The Kier molecular flexibility index (Phi) is 11.6. The van der Waals surface area contributed by atoms with Gasteiger partial charge in [0.25, 0.3) is 0 Å². The zero-order valence-electron chi connectivity index (χ0n) is 17.2. The van der Waals surface area contributed by atoms with Gasteiger partial charge in [-0.25, -0.2) is 0 Å². The van der Waals surface area contributed by atoms with Crippen molar-refractivity contribution in [3.05, 3.63) is 11.6 Å². The number of amides is 2. The summed E-state index contributed by atoms with van der Waals surface area (Å²) in [6, 6.07) is -0.0167. The fourth-order valence-electron chi connectivity index (χ4n) is 2.54. The highest BCUT2D eigenvalue weighted by Gasteiger charge is 2.16. The second kappa shape index (κ2) is 12.5. The van der Waals surface area contributed by atoms with Crippen molar-refractivity contribution in [2.45, 2.75) is 59.5 Å². The van der Waals surface area contributed by atoms with E-state index in [0.717, 1.165) is 0 Å². The van der Waals surface area contributed by atoms with Crippen molar-refractivity contribution in [3.8, 4) is 0 Å². The second-order valence-corrected chi connectivity index (χ2v) is 7.04. The summed E-state index contributed by atoms with van der Waals surface area (Å²) in [6.45, 7) is 9.76. The number of hydrogen-bond acceptors (Lipinski definition) is 5. The van der Waals surface area contributed by atoms with Gasteiger partial charge < -0.3 is 20.3 Å². The van der Waals surface area contributed by atoms with Gasteiger partial charge in [-0.3, -0.25) is 14.4 Å². The molecule has 1 unspecified atom stereocenters. The molecule has 26 heavy (non-hydrogen) atoms. The summed E-state index contributed by atoms with van der Waals surface area (Å²) >= 11 is 0. The maximum Gasteiger partial charge on any atom is 0.305 e. The molecule has 0 aromatic heterocycles. The molecule has 0 aliphatic carbocycles. The molecule has 7 nitrogen and oxygen atoms in total. The number of rotatable bonds is 11. The number of carbonyl (C=O) groups is 3. The van der Waals surface area contributed by atoms with Crippen molar-refractivity contribution in [1.29, 1.82) is 0 Å². The van der Waals surface area contributed by atoms with E-state index in [-0.39, 0.29) is 42.8 Å². The Balaban J connectivity index is 4.36. The molecule has 2 atom stereocenters. The predicted molar refractivity (Wildman–Crippen MR) is 103 cm³/mol. The van der Waals surface area contributed by atoms with Crippen LogP contribution in [0.5, 0.6) is 0 Å². The van der Waals surface area contributed by atoms with Gasteiger partial charge in [0.15, 0.2) is 0 Å². The number of esters is 1. The topological polar surface area (TPSA) is 87.7 Å². The Bertz CT molecular complexity index is 493. The summed E-state index contributed by atoms with van der Waals surface area (Å²) in [6.07, 6.45) is 2.67. The average Bonchev–Trinajstić information content (AvgIpc) is 2.55. The fraction of sp³-hybridized carbons (Fsp3) is 0.737. The zero-order chi connectivity index (χ0) is 20.3. The smallest absolute Gasteiger partial charge is 0.305 e.